The monoisotopic (exact) mass is 347 g/mol. The molecule has 0 bridgehead atoms. The zero-order chi connectivity index (χ0) is 17.7. The number of carbonyl (C=O) groups excluding carboxylic acids is 2. The first-order valence-corrected chi connectivity index (χ1v) is 8.39. The lowest BCUT2D eigenvalue weighted by Gasteiger charge is -2.35. The van der Waals surface area contributed by atoms with Gasteiger partial charge < -0.3 is 19.0 Å². The minimum atomic E-state index is -0.905. The Morgan fingerprint density at radius 2 is 2.12 bits per heavy atom. The van der Waals surface area contributed by atoms with Gasteiger partial charge in [0.15, 0.2) is 5.76 Å². The summed E-state index contributed by atoms with van der Waals surface area (Å²) in [6, 6.07) is 3.46. The first kappa shape index (κ1) is 17.2. The molecule has 2 aromatic rings. The molecule has 1 fully saturated rings. The number of aromatic nitrogens is 2. The third-order valence-corrected chi connectivity index (χ3v) is 4.44. The maximum Gasteiger partial charge on any atom is 0.331 e. The topological polar surface area (TPSA) is 107 Å². The summed E-state index contributed by atoms with van der Waals surface area (Å²) in [7, 11) is 1.35. The average molecular weight is 347 g/mol. The molecule has 0 atom stereocenters. The van der Waals surface area contributed by atoms with Gasteiger partial charge in [0.05, 0.1) is 13.4 Å². The predicted molar refractivity (Wildman–Crippen MR) is 86.3 cm³/mol. The third kappa shape index (κ3) is 3.89. The third-order valence-electron chi connectivity index (χ3n) is 4.44. The lowest BCUT2D eigenvalue weighted by molar-refractivity contribution is -0.152. The molecule has 0 radical (unpaired) electrons. The van der Waals surface area contributed by atoms with Crippen molar-refractivity contribution in [1.29, 1.82) is 0 Å². The Kier molecular flexibility index (Phi) is 5.16. The molecule has 134 valence electrons. The van der Waals surface area contributed by atoms with Crippen LogP contribution in [0.3, 0.4) is 0 Å². The maximum atomic E-state index is 12.3. The average Bonchev–Trinajstić information content (AvgIpc) is 3.31. The molecule has 2 heterocycles. The highest BCUT2D eigenvalue weighted by atomic mass is 16.5. The molecule has 3 rings (SSSR count). The smallest absolute Gasteiger partial charge is 0.331 e. The quantitative estimate of drug-likeness (QED) is 0.798. The number of carbonyl (C=O) groups is 2. The number of ether oxygens (including phenoxy) is 1. The van der Waals surface area contributed by atoms with Crippen LogP contribution in [0.5, 0.6) is 0 Å². The van der Waals surface area contributed by atoms with Crippen LogP contribution in [0.15, 0.2) is 27.3 Å². The summed E-state index contributed by atoms with van der Waals surface area (Å²) in [5, 5.41) is 6.69. The highest BCUT2D eigenvalue weighted by Gasteiger charge is 2.41. The van der Waals surface area contributed by atoms with Gasteiger partial charge in [0.2, 0.25) is 17.6 Å². The van der Waals surface area contributed by atoms with Crippen LogP contribution in [-0.4, -0.2) is 34.7 Å². The molecule has 1 saturated carbocycles. The molecular formula is C17H21N3O5. The van der Waals surface area contributed by atoms with Crippen molar-refractivity contribution in [1.82, 2.24) is 15.5 Å². The standard InChI is InChI=1S/C17H21N3O5/c1-23-16(22)17(9-3-2-4-10-17)19-13(21)7-8-14-18-15(20-25-14)12-6-5-11-24-12/h5-6,11H,2-4,7-10H2,1H3,(H,19,21). The van der Waals surface area contributed by atoms with Crippen molar-refractivity contribution < 1.29 is 23.3 Å². The summed E-state index contributed by atoms with van der Waals surface area (Å²) < 4.78 is 15.2. The van der Waals surface area contributed by atoms with E-state index >= 15 is 0 Å². The molecule has 0 aromatic carbocycles. The Balaban J connectivity index is 1.57. The van der Waals surface area contributed by atoms with Gasteiger partial charge in [0, 0.05) is 12.8 Å². The van der Waals surface area contributed by atoms with Gasteiger partial charge in [0.25, 0.3) is 0 Å². The molecule has 0 spiro atoms. The van der Waals surface area contributed by atoms with Crippen LogP contribution >= 0.6 is 0 Å². The number of rotatable bonds is 6. The lowest BCUT2D eigenvalue weighted by atomic mass is 9.81. The van der Waals surface area contributed by atoms with Crippen LogP contribution in [0.4, 0.5) is 0 Å². The van der Waals surface area contributed by atoms with Crippen LogP contribution in [0.1, 0.15) is 44.4 Å². The minimum absolute atomic E-state index is 0.151. The van der Waals surface area contributed by atoms with E-state index in [9.17, 15) is 9.59 Å². The highest BCUT2D eigenvalue weighted by molar-refractivity contribution is 5.88. The molecule has 25 heavy (non-hydrogen) atoms. The van der Waals surface area contributed by atoms with Gasteiger partial charge >= 0.3 is 5.97 Å². The SMILES string of the molecule is COC(=O)C1(NC(=O)CCc2nc(-c3ccco3)no2)CCCCC1. The van der Waals surface area contributed by atoms with E-state index in [1.165, 1.54) is 13.4 Å². The van der Waals surface area contributed by atoms with Crippen LogP contribution in [0.2, 0.25) is 0 Å². The number of hydrogen-bond acceptors (Lipinski definition) is 7. The zero-order valence-corrected chi connectivity index (χ0v) is 14.1. The van der Waals surface area contributed by atoms with Crippen molar-refractivity contribution in [3.8, 4) is 11.6 Å². The molecule has 1 aliphatic carbocycles. The van der Waals surface area contributed by atoms with Gasteiger partial charge in [-0.05, 0) is 25.0 Å². The summed E-state index contributed by atoms with van der Waals surface area (Å²) in [6.07, 6.45) is 6.02. The zero-order valence-electron chi connectivity index (χ0n) is 14.1. The molecular weight excluding hydrogens is 326 g/mol. The van der Waals surface area contributed by atoms with E-state index in [4.69, 9.17) is 13.7 Å². The number of amides is 1. The molecule has 1 aliphatic rings. The second-order valence-corrected chi connectivity index (χ2v) is 6.17. The van der Waals surface area contributed by atoms with Gasteiger partial charge in [0.1, 0.15) is 5.54 Å². The highest BCUT2D eigenvalue weighted by Crippen LogP contribution is 2.29. The van der Waals surface area contributed by atoms with E-state index in [2.05, 4.69) is 15.5 Å². The van der Waals surface area contributed by atoms with E-state index in [1.807, 2.05) is 0 Å². The fraction of sp³-hybridized carbons (Fsp3) is 0.529. The number of hydrogen-bond donors (Lipinski definition) is 1. The predicted octanol–water partition coefficient (Wildman–Crippen LogP) is 2.25. The van der Waals surface area contributed by atoms with Crippen LogP contribution in [0, 0.1) is 0 Å². The Morgan fingerprint density at radius 1 is 1.32 bits per heavy atom. The lowest BCUT2D eigenvalue weighted by Crippen LogP contribution is -2.56. The molecule has 0 saturated heterocycles. The first-order chi connectivity index (χ1) is 12.1. The number of nitrogens with zero attached hydrogens (tertiary/aromatic N) is 2. The summed E-state index contributed by atoms with van der Waals surface area (Å²) in [4.78, 5) is 28.7. The van der Waals surface area contributed by atoms with Gasteiger partial charge in [-0.3, -0.25) is 4.79 Å². The Bertz CT molecular complexity index is 716. The van der Waals surface area contributed by atoms with E-state index in [0.29, 0.717) is 30.3 Å². The van der Waals surface area contributed by atoms with E-state index in [0.717, 1.165) is 19.3 Å². The Labute approximate surface area is 144 Å². The van der Waals surface area contributed by atoms with Crippen molar-refractivity contribution in [2.24, 2.45) is 0 Å². The van der Waals surface area contributed by atoms with Crippen molar-refractivity contribution in [3.05, 3.63) is 24.3 Å². The second-order valence-electron chi connectivity index (χ2n) is 6.17. The van der Waals surface area contributed by atoms with Crippen molar-refractivity contribution in [2.75, 3.05) is 7.11 Å². The normalized spacial score (nSPS) is 16.4. The molecule has 8 nitrogen and oxygen atoms in total. The van der Waals surface area contributed by atoms with Crippen LogP contribution < -0.4 is 5.32 Å². The molecule has 1 N–H and O–H groups in total. The van der Waals surface area contributed by atoms with Gasteiger partial charge in [-0.15, -0.1) is 0 Å². The molecule has 1 amide bonds. The summed E-state index contributed by atoms with van der Waals surface area (Å²) in [5.41, 5.74) is -0.905. The number of esters is 1. The fourth-order valence-electron chi connectivity index (χ4n) is 3.14. The summed E-state index contributed by atoms with van der Waals surface area (Å²) in [6.45, 7) is 0. The van der Waals surface area contributed by atoms with E-state index < -0.39 is 5.54 Å². The Hall–Kier alpha value is -2.64. The van der Waals surface area contributed by atoms with Crippen molar-refractivity contribution in [3.63, 3.8) is 0 Å². The van der Waals surface area contributed by atoms with Gasteiger partial charge in [-0.25, -0.2) is 4.79 Å². The minimum Gasteiger partial charge on any atom is -0.467 e. The van der Waals surface area contributed by atoms with E-state index in [-0.39, 0.29) is 24.7 Å². The Morgan fingerprint density at radius 3 is 2.80 bits per heavy atom. The largest absolute Gasteiger partial charge is 0.467 e. The van der Waals surface area contributed by atoms with Crippen LogP contribution in [0.25, 0.3) is 11.6 Å². The summed E-state index contributed by atoms with van der Waals surface area (Å²) >= 11 is 0. The van der Waals surface area contributed by atoms with Gasteiger partial charge in [-0.1, -0.05) is 24.4 Å². The second kappa shape index (κ2) is 7.50. The fourth-order valence-corrected chi connectivity index (χ4v) is 3.14. The molecule has 0 aliphatic heterocycles. The van der Waals surface area contributed by atoms with E-state index in [1.54, 1.807) is 12.1 Å². The molecule has 0 unspecified atom stereocenters. The number of methoxy groups -OCH3 is 1. The molecule has 2 aromatic heterocycles. The first-order valence-electron chi connectivity index (χ1n) is 8.39. The van der Waals surface area contributed by atoms with Gasteiger partial charge in [-0.2, -0.15) is 4.98 Å². The summed E-state index contributed by atoms with van der Waals surface area (Å²) in [5.74, 6) is 0.589. The number of aryl methyl sites for hydroxylation is 1. The number of furan rings is 1. The van der Waals surface area contributed by atoms with Crippen molar-refractivity contribution in [2.45, 2.75) is 50.5 Å². The van der Waals surface area contributed by atoms with Crippen LogP contribution in [-0.2, 0) is 20.7 Å². The molecule has 8 heteroatoms. The number of nitrogens with one attached hydrogen (secondary N) is 1. The van der Waals surface area contributed by atoms with Crippen molar-refractivity contribution >= 4 is 11.9 Å². The maximum absolute atomic E-state index is 12.3.